The molecule has 2 aromatic rings. The molecule has 0 aliphatic carbocycles. The molecule has 3 rings (SSSR count). The van der Waals surface area contributed by atoms with Gasteiger partial charge in [0.05, 0.1) is 31.0 Å². The van der Waals surface area contributed by atoms with Gasteiger partial charge in [-0.15, -0.1) is 22.7 Å². The highest BCUT2D eigenvalue weighted by molar-refractivity contribution is 7.11. The van der Waals surface area contributed by atoms with Crippen molar-refractivity contribution in [1.29, 1.82) is 0 Å². The second-order valence-corrected chi connectivity index (χ2v) is 9.03. The lowest BCUT2D eigenvalue weighted by atomic mass is 10.1. The zero-order chi connectivity index (χ0) is 19.2. The SMILES string of the molecule is CN=C(NCc1nc(C)c(C)s1)NCC(c1cccs1)N1CCOC(C)C1. The van der Waals surface area contributed by atoms with Crippen molar-refractivity contribution < 1.29 is 4.74 Å². The monoisotopic (exact) mass is 407 g/mol. The summed E-state index contributed by atoms with van der Waals surface area (Å²) >= 11 is 3.54. The first-order valence-corrected chi connectivity index (χ1v) is 11.0. The van der Waals surface area contributed by atoms with Crippen molar-refractivity contribution in [3.05, 3.63) is 38.0 Å². The summed E-state index contributed by atoms with van der Waals surface area (Å²) in [5, 5.41) is 10.1. The van der Waals surface area contributed by atoms with E-state index in [-0.39, 0.29) is 6.10 Å². The molecule has 1 aliphatic rings. The highest BCUT2D eigenvalue weighted by Crippen LogP contribution is 2.26. The fourth-order valence-electron chi connectivity index (χ4n) is 3.21. The van der Waals surface area contributed by atoms with Crippen molar-refractivity contribution in [1.82, 2.24) is 20.5 Å². The van der Waals surface area contributed by atoms with Crippen LogP contribution in [0.4, 0.5) is 0 Å². The minimum atomic E-state index is 0.273. The Hall–Kier alpha value is -1.48. The molecule has 0 amide bonds. The van der Waals surface area contributed by atoms with Crippen LogP contribution < -0.4 is 10.6 Å². The lowest BCUT2D eigenvalue weighted by Crippen LogP contribution is -2.47. The Bertz CT molecular complexity index is 724. The van der Waals surface area contributed by atoms with E-state index >= 15 is 0 Å². The first-order chi connectivity index (χ1) is 13.1. The number of ether oxygens (including phenoxy) is 1. The van der Waals surface area contributed by atoms with Crippen molar-refractivity contribution in [2.75, 3.05) is 33.3 Å². The molecule has 2 unspecified atom stereocenters. The highest BCUT2D eigenvalue weighted by Gasteiger charge is 2.26. The molecule has 2 atom stereocenters. The number of nitrogens with zero attached hydrogens (tertiary/aromatic N) is 3. The van der Waals surface area contributed by atoms with E-state index in [2.05, 4.69) is 63.8 Å². The Balaban J connectivity index is 1.59. The van der Waals surface area contributed by atoms with Gasteiger partial charge in [-0.1, -0.05) is 6.07 Å². The number of aromatic nitrogens is 1. The number of nitrogens with one attached hydrogen (secondary N) is 2. The van der Waals surface area contributed by atoms with E-state index in [0.717, 1.165) is 42.9 Å². The Labute approximate surface area is 169 Å². The van der Waals surface area contributed by atoms with Crippen LogP contribution >= 0.6 is 22.7 Å². The summed E-state index contributed by atoms with van der Waals surface area (Å²) in [6.45, 7) is 10.5. The summed E-state index contributed by atoms with van der Waals surface area (Å²) in [6, 6.07) is 4.66. The summed E-state index contributed by atoms with van der Waals surface area (Å²) < 4.78 is 5.72. The predicted octanol–water partition coefficient (Wildman–Crippen LogP) is 2.95. The van der Waals surface area contributed by atoms with E-state index in [1.165, 1.54) is 9.75 Å². The fraction of sp³-hybridized carbons (Fsp3) is 0.579. The number of guanidine groups is 1. The average Bonchev–Trinajstić information content (AvgIpc) is 3.28. The third kappa shape index (κ3) is 5.51. The molecular weight excluding hydrogens is 378 g/mol. The zero-order valence-corrected chi connectivity index (χ0v) is 18.1. The van der Waals surface area contributed by atoms with E-state index < -0.39 is 0 Å². The van der Waals surface area contributed by atoms with Gasteiger partial charge in [-0.25, -0.2) is 4.98 Å². The standard InChI is InChI=1S/C19H29N5OS2/c1-13-12-24(7-8-25-13)16(17-6-5-9-26-17)10-21-19(20-4)22-11-18-23-14(2)15(3)27-18/h5-6,9,13,16H,7-8,10-12H2,1-4H3,(H2,20,21,22). The molecule has 0 aromatic carbocycles. The third-order valence-electron chi connectivity index (χ3n) is 4.75. The van der Waals surface area contributed by atoms with Crippen molar-refractivity contribution in [2.45, 2.75) is 39.5 Å². The number of rotatable bonds is 6. The number of morpholine rings is 1. The molecule has 0 spiro atoms. The van der Waals surface area contributed by atoms with Crippen molar-refractivity contribution in [3.63, 3.8) is 0 Å². The lowest BCUT2D eigenvalue weighted by molar-refractivity contribution is -0.0334. The topological polar surface area (TPSA) is 61.8 Å². The van der Waals surface area contributed by atoms with Crippen molar-refractivity contribution in [2.24, 2.45) is 4.99 Å². The van der Waals surface area contributed by atoms with E-state index in [0.29, 0.717) is 12.6 Å². The van der Waals surface area contributed by atoms with Gasteiger partial charge in [0.1, 0.15) is 5.01 Å². The number of hydrogen-bond donors (Lipinski definition) is 2. The van der Waals surface area contributed by atoms with E-state index in [1.54, 1.807) is 11.3 Å². The molecule has 3 heterocycles. The van der Waals surface area contributed by atoms with E-state index in [9.17, 15) is 0 Å². The van der Waals surface area contributed by atoms with Crippen LogP contribution in [0.25, 0.3) is 0 Å². The maximum Gasteiger partial charge on any atom is 0.191 e. The summed E-state index contributed by atoms with van der Waals surface area (Å²) in [7, 11) is 1.81. The number of thiazole rings is 1. The lowest BCUT2D eigenvalue weighted by Gasteiger charge is -2.37. The number of thiophene rings is 1. The molecule has 0 saturated carbocycles. The highest BCUT2D eigenvalue weighted by atomic mass is 32.1. The van der Waals surface area contributed by atoms with Crippen LogP contribution in [0.1, 0.15) is 33.4 Å². The first kappa shape index (κ1) is 20.3. The van der Waals surface area contributed by atoms with Crippen LogP contribution in [0.15, 0.2) is 22.5 Å². The minimum Gasteiger partial charge on any atom is -0.376 e. The van der Waals surface area contributed by atoms with Gasteiger partial charge in [0.15, 0.2) is 5.96 Å². The molecule has 8 heteroatoms. The summed E-state index contributed by atoms with van der Waals surface area (Å²) in [4.78, 5) is 14.1. The molecule has 1 fully saturated rings. The van der Waals surface area contributed by atoms with Crippen molar-refractivity contribution >= 4 is 28.6 Å². The maximum atomic E-state index is 5.72. The van der Waals surface area contributed by atoms with Crippen LogP contribution in [0, 0.1) is 13.8 Å². The van der Waals surface area contributed by atoms with Gasteiger partial charge < -0.3 is 15.4 Å². The number of aliphatic imine (C=N–C) groups is 1. The molecule has 1 saturated heterocycles. The molecule has 148 valence electrons. The predicted molar refractivity (Wildman–Crippen MR) is 114 cm³/mol. The number of hydrogen-bond acceptors (Lipinski definition) is 6. The Kier molecular flexibility index (Phi) is 7.23. The summed E-state index contributed by atoms with van der Waals surface area (Å²) in [5.41, 5.74) is 1.11. The van der Waals surface area contributed by atoms with Gasteiger partial charge >= 0.3 is 0 Å². The minimum absolute atomic E-state index is 0.273. The van der Waals surface area contributed by atoms with E-state index in [1.807, 2.05) is 18.4 Å². The van der Waals surface area contributed by atoms with Crippen LogP contribution in [-0.4, -0.2) is 55.2 Å². The van der Waals surface area contributed by atoms with Crippen LogP contribution in [-0.2, 0) is 11.3 Å². The average molecular weight is 408 g/mol. The zero-order valence-electron chi connectivity index (χ0n) is 16.5. The summed E-state index contributed by atoms with van der Waals surface area (Å²) in [6.07, 6.45) is 0.273. The molecule has 0 bridgehead atoms. The van der Waals surface area contributed by atoms with Gasteiger partial charge in [0.25, 0.3) is 0 Å². The van der Waals surface area contributed by atoms with Gasteiger partial charge in [-0.2, -0.15) is 0 Å². The molecular formula is C19H29N5OS2. The fourth-order valence-corrected chi connectivity index (χ4v) is 4.94. The second-order valence-electron chi connectivity index (χ2n) is 6.76. The third-order valence-corrected chi connectivity index (χ3v) is 6.80. The quantitative estimate of drug-likeness (QED) is 0.569. The van der Waals surface area contributed by atoms with Gasteiger partial charge in [-0.3, -0.25) is 9.89 Å². The molecule has 2 N–H and O–H groups in total. The van der Waals surface area contributed by atoms with Crippen LogP contribution in [0.5, 0.6) is 0 Å². The second kappa shape index (κ2) is 9.64. The summed E-state index contributed by atoms with van der Waals surface area (Å²) in [5.74, 6) is 0.809. The molecule has 6 nitrogen and oxygen atoms in total. The Morgan fingerprint density at radius 1 is 1.44 bits per heavy atom. The van der Waals surface area contributed by atoms with Gasteiger partial charge in [-0.05, 0) is 32.2 Å². The van der Waals surface area contributed by atoms with Crippen LogP contribution in [0.3, 0.4) is 0 Å². The van der Waals surface area contributed by atoms with E-state index in [4.69, 9.17) is 4.74 Å². The largest absolute Gasteiger partial charge is 0.376 e. The Morgan fingerprint density at radius 3 is 2.93 bits per heavy atom. The van der Waals surface area contributed by atoms with Crippen LogP contribution in [0.2, 0.25) is 0 Å². The first-order valence-electron chi connectivity index (χ1n) is 9.33. The number of aryl methyl sites for hydroxylation is 2. The smallest absolute Gasteiger partial charge is 0.191 e. The Morgan fingerprint density at radius 2 is 2.30 bits per heavy atom. The molecule has 27 heavy (non-hydrogen) atoms. The van der Waals surface area contributed by atoms with Crippen molar-refractivity contribution in [3.8, 4) is 0 Å². The maximum absolute atomic E-state index is 5.72. The normalized spacial score (nSPS) is 19.9. The molecule has 0 radical (unpaired) electrons. The molecule has 2 aromatic heterocycles. The van der Waals surface area contributed by atoms with Gasteiger partial charge in [0.2, 0.25) is 0 Å². The molecule has 1 aliphatic heterocycles. The van der Waals surface area contributed by atoms with Gasteiger partial charge in [0, 0.05) is 36.4 Å².